The fourth-order valence-corrected chi connectivity index (χ4v) is 4.63. The summed E-state index contributed by atoms with van der Waals surface area (Å²) in [4.78, 5) is 25.2. The van der Waals surface area contributed by atoms with Gasteiger partial charge in [-0.3, -0.25) is 0 Å². The van der Waals surface area contributed by atoms with Crippen LogP contribution in [0.2, 0.25) is 0 Å². The summed E-state index contributed by atoms with van der Waals surface area (Å²) in [5.74, 6) is 1.33. The second kappa shape index (κ2) is 8.29. The molecule has 5 rings (SSSR count). The van der Waals surface area contributed by atoms with E-state index in [1.807, 2.05) is 6.07 Å². The van der Waals surface area contributed by atoms with Crippen molar-refractivity contribution < 1.29 is 9.90 Å². The lowest BCUT2D eigenvalue weighted by Crippen LogP contribution is -2.17. The average Bonchev–Trinajstić information content (AvgIpc) is 3.53. The first kappa shape index (κ1) is 20.0. The summed E-state index contributed by atoms with van der Waals surface area (Å²) in [5.41, 5.74) is 3.47. The lowest BCUT2D eigenvalue weighted by atomic mass is 9.89. The molecule has 0 amide bonds. The SMILES string of the molecule is Cc1cccc(-c2nc3nc(C(=O)O)nc(NCC4CC4)c3n2CC2CCCCC2)c1. The highest BCUT2D eigenvalue weighted by Crippen LogP contribution is 2.34. The van der Waals surface area contributed by atoms with Crippen LogP contribution in [-0.2, 0) is 6.54 Å². The summed E-state index contributed by atoms with van der Waals surface area (Å²) >= 11 is 0. The van der Waals surface area contributed by atoms with E-state index in [4.69, 9.17) is 4.98 Å². The van der Waals surface area contributed by atoms with Crippen LogP contribution >= 0.6 is 0 Å². The molecule has 2 heterocycles. The van der Waals surface area contributed by atoms with Crippen LogP contribution in [0, 0.1) is 18.8 Å². The van der Waals surface area contributed by atoms with Crippen molar-refractivity contribution in [3.05, 3.63) is 35.7 Å². The number of aromatic nitrogens is 4. The normalized spacial score (nSPS) is 17.2. The Kier molecular flexibility index (Phi) is 5.34. The van der Waals surface area contributed by atoms with Crippen LogP contribution in [0.25, 0.3) is 22.6 Å². The number of carboxylic acids is 1. The molecule has 2 N–H and O–H groups in total. The molecule has 0 radical (unpaired) electrons. The van der Waals surface area contributed by atoms with E-state index < -0.39 is 5.97 Å². The molecule has 7 nitrogen and oxygen atoms in total. The molecule has 0 atom stereocenters. The summed E-state index contributed by atoms with van der Waals surface area (Å²) in [6, 6.07) is 8.30. The van der Waals surface area contributed by atoms with E-state index in [1.54, 1.807) is 0 Å². The number of rotatable bonds is 7. The van der Waals surface area contributed by atoms with Gasteiger partial charge in [-0.05, 0) is 50.5 Å². The first-order valence-electron chi connectivity index (χ1n) is 11.4. The first-order valence-corrected chi connectivity index (χ1v) is 11.4. The maximum Gasteiger partial charge on any atom is 0.374 e. The van der Waals surface area contributed by atoms with E-state index >= 15 is 0 Å². The Morgan fingerprint density at radius 2 is 1.90 bits per heavy atom. The maximum atomic E-state index is 11.7. The van der Waals surface area contributed by atoms with E-state index in [0.717, 1.165) is 35.6 Å². The van der Waals surface area contributed by atoms with Crippen molar-refractivity contribution in [3.63, 3.8) is 0 Å². The van der Waals surface area contributed by atoms with Crippen molar-refractivity contribution in [2.24, 2.45) is 11.8 Å². The molecule has 3 aromatic rings. The number of aryl methyl sites for hydroxylation is 1. The van der Waals surface area contributed by atoms with Gasteiger partial charge in [0.25, 0.3) is 0 Å². The molecule has 31 heavy (non-hydrogen) atoms. The highest BCUT2D eigenvalue weighted by molar-refractivity contribution is 5.92. The smallest absolute Gasteiger partial charge is 0.374 e. The number of hydrogen-bond donors (Lipinski definition) is 2. The van der Waals surface area contributed by atoms with Gasteiger partial charge in [-0.15, -0.1) is 0 Å². The molecule has 0 bridgehead atoms. The van der Waals surface area contributed by atoms with Crippen LogP contribution in [0.4, 0.5) is 5.82 Å². The number of carboxylic acid groups (broad SMARTS) is 1. The van der Waals surface area contributed by atoms with Gasteiger partial charge in [0.2, 0.25) is 5.82 Å². The van der Waals surface area contributed by atoms with Crippen LogP contribution in [0.1, 0.15) is 61.1 Å². The van der Waals surface area contributed by atoms with Crippen molar-refractivity contribution in [1.82, 2.24) is 19.5 Å². The molecule has 2 aromatic heterocycles. The number of nitrogens with one attached hydrogen (secondary N) is 1. The molecule has 0 aliphatic heterocycles. The van der Waals surface area contributed by atoms with Crippen molar-refractivity contribution in [2.75, 3.05) is 11.9 Å². The fraction of sp³-hybridized carbons (Fsp3) is 0.500. The lowest BCUT2D eigenvalue weighted by Gasteiger charge is -2.23. The van der Waals surface area contributed by atoms with Crippen molar-refractivity contribution in [1.29, 1.82) is 0 Å². The molecule has 2 aliphatic rings. The van der Waals surface area contributed by atoms with Crippen LogP contribution in [0.3, 0.4) is 0 Å². The van der Waals surface area contributed by atoms with E-state index in [-0.39, 0.29) is 5.82 Å². The average molecular weight is 420 g/mol. The Morgan fingerprint density at radius 1 is 1.10 bits per heavy atom. The van der Waals surface area contributed by atoms with Gasteiger partial charge in [-0.25, -0.2) is 19.7 Å². The molecule has 2 fully saturated rings. The molecule has 2 aliphatic carbocycles. The topological polar surface area (TPSA) is 92.9 Å². The maximum absolute atomic E-state index is 11.7. The van der Waals surface area contributed by atoms with E-state index in [2.05, 4.69) is 45.0 Å². The molecule has 2 saturated carbocycles. The number of aromatic carboxylic acids is 1. The highest BCUT2D eigenvalue weighted by Gasteiger charge is 2.26. The van der Waals surface area contributed by atoms with Crippen molar-refractivity contribution in [2.45, 2.75) is 58.4 Å². The molecule has 1 aromatic carbocycles. The second-order valence-corrected chi connectivity index (χ2v) is 9.12. The highest BCUT2D eigenvalue weighted by atomic mass is 16.4. The third-order valence-electron chi connectivity index (χ3n) is 6.49. The summed E-state index contributed by atoms with van der Waals surface area (Å²) in [7, 11) is 0. The summed E-state index contributed by atoms with van der Waals surface area (Å²) in [5, 5.41) is 13.0. The van der Waals surface area contributed by atoms with E-state index in [1.165, 1.54) is 44.9 Å². The Bertz CT molecular complexity index is 1110. The lowest BCUT2D eigenvalue weighted by molar-refractivity contribution is 0.0684. The Balaban J connectivity index is 1.66. The molecule has 0 unspecified atom stereocenters. The zero-order valence-electron chi connectivity index (χ0n) is 18.0. The zero-order chi connectivity index (χ0) is 21.4. The second-order valence-electron chi connectivity index (χ2n) is 9.12. The van der Waals surface area contributed by atoms with Gasteiger partial charge in [0, 0.05) is 18.7 Å². The molecular formula is C24H29N5O2. The number of hydrogen-bond acceptors (Lipinski definition) is 5. The standard InChI is InChI=1S/C24H29N5O2/c1-15-6-5-9-18(12-15)23-28-21-19(29(23)14-17-7-3-2-4-8-17)20(25-13-16-10-11-16)26-22(27-21)24(30)31/h5-6,9,12,16-17H,2-4,7-8,10-11,13-14H2,1H3,(H,30,31)(H,25,26,27). The number of fused-ring (bicyclic) bond motifs is 1. The Morgan fingerprint density at radius 3 is 2.61 bits per heavy atom. The van der Waals surface area contributed by atoms with Gasteiger partial charge in [-0.2, -0.15) is 0 Å². The van der Waals surface area contributed by atoms with Gasteiger partial charge >= 0.3 is 5.97 Å². The van der Waals surface area contributed by atoms with Crippen LogP contribution in [0.5, 0.6) is 0 Å². The van der Waals surface area contributed by atoms with E-state index in [0.29, 0.717) is 23.3 Å². The molecule has 0 spiro atoms. The third-order valence-corrected chi connectivity index (χ3v) is 6.49. The quantitative estimate of drug-likeness (QED) is 0.566. The van der Waals surface area contributed by atoms with Crippen LogP contribution < -0.4 is 5.32 Å². The van der Waals surface area contributed by atoms with Crippen LogP contribution in [0.15, 0.2) is 24.3 Å². The van der Waals surface area contributed by atoms with Crippen molar-refractivity contribution in [3.8, 4) is 11.4 Å². The zero-order valence-corrected chi connectivity index (χ0v) is 18.0. The monoisotopic (exact) mass is 419 g/mol. The minimum absolute atomic E-state index is 0.205. The van der Waals surface area contributed by atoms with Gasteiger partial charge < -0.3 is 15.0 Å². The van der Waals surface area contributed by atoms with Gasteiger partial charge in [-0.1, -0.05) is 43.0 Å². The number of anilines is 1. The summed E-state index contributed by atoms with van der Waals surface area (Å²) in [6.07, 6.45) is 8.70. The van der Waals surface area contributed by atoms with Crippen LogP contribution in [-0.4, -0.2) is 37.1 Å². The molecular weight excluding hydrogens is 390 g/mol. The largest absolute Gasteiger partial charge is 0.475 e. The van der Waals surface area contributed by atoms with Gasteiger partial charge in [0.05, 0.1) is 0 Å². The molecule has 0 saturated heterocycles. The molecule has 162 valence electrons. The summed E-state index contributed by atoms with van der Waals surface area (Å²) < 4.78 is 2.24. The van der Waals surface area contributed by atoms with Crippen molar-refractivity contribution >= 4 is 23.0 Å². The fourth-order valence-electron chi connectivity index (χ4n) is 4.63. The summed E-state index contributed by atoms with van der Waals surface area (Å²) in [6.45, 7) is 3.73. The van der Waals surface area contributed by atoms with E-state index in [9.17, 15) is 9.90 Å². The first-order chi connectivity index (χ1) is 15.1. The molecule has 7 heteroatoms. The van der Waals surface area contributed by atoms with Gasteiger partial charge in [0.15, 0.2) is 11.5 Å². The Labute approximate surface area is 181 Å². The third kappa shape index (κ3) is 4.27. The minimum Gasteiger partial charge on any atom is -0.475 e. The predicted octanol–water partition coefficient (Wildman–Crippen LogP) is 4.90. The number of imidazole rings is 1. The Hall–Kier alpha value is -2.96. The number of nitrogens with zero attached hydrogens (tertiary/aromatic N) is 4. The van der Waals surface area contributed by atoms with Gasteiger partial charge in [0.1, 0.15) is 11.3 Å². The predicted molar refractivity (Wildman–Crippen MR) is 120 cm³/mol. The number of carbonyl (C=O) groups is 1. The minimum atomic E-state index is -1.13. The number of benzene rings is 1.